The predicted octanol–water partition coefficient (Wildman–Crippen LogP) is 1.15. The molecular weight excluding hydrogens is 282 g/mol. The molecule has 1 heterocycles. The van der Waals surface area contributed by atoms with Crippen molar-refractivity contribution in [2.75, 3.05) is 52.5 Å². The molecule has 1 aliphatic rings. The largest absolute Gasteiger partial charge is 0.395 e. The summed E-state index contributed by atoms with van der Waals surface area (Å²) in [7, 11) is 0. The molecule has 0 aromatic heterocycles. The maximum atomic E-state index is 12.2. The summed E-state index contributed by atoms with van der Waals surface area (Å²) in [6.45, 7) is 11.8. The van der Waals surface area contributed by atoms with Gasteiger partial charge in [0.1, 0.15) is 0 Å². The Balaban J connectivity index is 2.34. The number of nitrogens with one attached hydrogen (secondary N) is 1. The van der Waals surface area contributed by atoms with Gasteiger partial charge in [-0.15, -0.1) is 0 Å². The molecule has 1 saturated heterocycles. The van der Waals surface area contributed by atoms with Crippen LogP contribution in [0.2, 0.25) is 0 Å². The molecule has 0 aromatic carbocycles. The zero-order chi connectivity index (χ0) is 16.4. The molecule has 1 rings (SSSR count). The van der Waals surface area contributed by atoms with E-state index in [9.17, 15) is 4.79 Å². The van der Waals surface area contributed by atoms with Crippen LogP contribution in [0.15, 0.2) is 0 Å². The highest BCUT2D eigenvalue weighted by atomic mass is 16.5. The van der Waals surface area contributed by atoms with Crippen LogP contribution in [0.5, 0.6) is 0 Å². The number of aliphatic hydroxyl groups excluding tert-OH is 1. The zero-order valence-corrected chi connectivity index (χ0v) is 14.4. The average molecular weight is 315 g/mol. The summed E-state index contributed by atoms with van der Waals surface area (Å²) in [6.07, 6.45) is 2.04. The van der Waals surface area contributed by atoms with Crippen LogP contribution in [0, 0.1) is 5.92 Å². The Labute approximate surface area is 134 Å². The maximum absolute atomic E-state index is 12.2. The number of aliphatic hydroxyl groups is 1. The van der Waals surface area contributed by atoms with Gasteiger partial charge in [0.2, 0.25) is 0 Å². The molecule has 0 radical (unpaired) electrons. The quantitative estimate of drug-likeness (QED) is 0.670. The van der Waals surface area contributed by atoms with Crippen LogP contribution in [-0.4, -0.2) is 79.5 Å². The molecule has 1 aliphatic heterocycles. The van der Waals surface area contributed by atoms with Crippen molar-refractivity contribution in [2.45, 2.75) is 39.7 Å². The highest BCUT2D eigenvalue weighted by molar-refractivity contribution is 5.74. The molecule has 130 valence electrons. The van der Waals surface area contributed by atoms with Crippen LogP contribution in [-0.2, 0) is 4.74 Å². The van der Waals surface area contributed by atoms with Gasteiger partial charge in [0.05, 0.1) is 19.3 Å². The molecule has 0 aliphatic carbocycles. The fraction of sp³-hybridized carbons (Fsp3) is 0.938. The highest BCUT2D eigenvalue weighted by Gasteiger charge is 2.22. The number of amides is 2. The molecule has 6 heteroatoms. The number of unbranched alkanes of at least 4 members (excludes halogenated alkanes) is 1. The van der Waals surface area contributed by atoms with E-state index >= 15 is 0 Å². The van der Waals surface area contributed by atoms with E-state index in [0.29, 0.717) is 25.6 Å². The van der Waals surface area contributed by atoms with E-state index in [0.717, 1.165) is 39.1 Å². The molecule has 6 nitrogen and oxygen atoms in total. The summed E-state index contributed by atoms with van der Waals surface area (Å²) >= 11 is 0. The zero-order valence-electron chi connectivity index (χ0n) is 14.4. The first-order chi connectivity index (χ1) is 10.6. The molecule has 2 amide bonds. The third-order valence-electron chi connectivity index (χ3n) is 3.77. The first kappa shape index (κ1) is 19.2. The number of nitrogens with zero attached hydrogens (tertiary/aromatic N) is 2. The second-order valence-electron chi connectivity index (χ2n) is 6.40. The molecule has 1 fully saturated rings. The summed E-state index contributed by atoms with van der Waals surface area (Å²) in [5, 5.41) is 12.0. The van der Waals surface area contributed by atoms with E-state index in [-0.39, 0.29) is 18.7 Å². The lowest BCUT2D eigenvalue weighted by Gasteiger charge is -2.34. The molecule has 1 atom stereocenters. The topological polar surface area (TPSA) is 65.0 Å². The number of hydrogen-bond acceptors (Lipinski definition) is 4. The Morgan fingerprint density at radius 3 is 2.86 bits per heavy atom. The fourth-order valence-corrected chi connectivity index (χ4v) is 2.68. The Kier molecular flexibility index (Phi) is 9.43. The summed E-state index contributed by atoms with van der Waals surface area (Å²) < 4.78 is 5.74. The lowest BCUT2D eigenvalue weighted by Crippen LogP contribution is -2.50. The number of carbonyl (C=O) groups excluding carboxylic acids is 1. The van der Waals surface area contributed by atoms with Crippen LogP contribution in [0.25, 0.3) is 0 Å². The van der Waals surface area contributed by atoms with Crippen molar-refractivity contribution in [1.82, 2.24) is 15.1 Å². The standard InChI is InChI=1S/C16H33N3O3/c1-4-5-6-19(7-9-20)16(21)17-11-15-13-18(8-10-22-15)12-14(2)3/h14-15,20H,4-13H2,1-3H3,(H,17,21). The van der Waals surface area contributed by atoms with Gasteiger partial charge in [-0.3, -0.25) is 4.90 Å². The van der Waals surface area contributed by atoms with Gasteiger partial charge in [-0.2, -0.15) is 0 Å². The highest BCUT2D eigenvalue weighted by Crippen LogP contribution is 2.07. The Morgan fingerprint density at radius 1 is 1.45 bits per heavy atom. The van der Waals surface area contributed by atoms with Crippen molar-refractivity contribution < 1.29 is 14.6 Å². The van der Waals surface area contributed by atoms with Crippen molar-refractivity contribution in [3.63, 3.8) is 0 Å². The monoisotopic (exact) mass is 315 g/mol. The molecule has 0 spiro atoms. The van der Waals surface area contributed by atoms with Gasteiger partial charge < -0.3 is 20.1 Å². The van der Waals surface area contributed by atoms with Crippen molar-refractivity contribution in [2.24, 2.45) is 5.92 Å². The minimum atomic E-state index is -0.105. The van der Waals surface area contributed by atoms with Gasteiger partial charge in [-0.05, 0) is 12.3 Å². The van der Waals surface area contributed by atoms with E-state index < -0.39 is 0 Å². The van der Waals surface area contributed by atoms with E-state index in [1.54, 1.807) is 4.90 Å². The van der Waals surface area contributed by atoms with Gasteiger partial charge in [-0.25, -0.2) is 4.79 Å². The van der Waals surface area contributed by atoms with E-state index in [1.165, 1.54) is 0 Å². The lowest BCUT2D eigenvalue weighted by molar-refractivity contribution is -0.0294. The van der Waals surface area contributed by atoms with Crippen LogP contribution >= 0.6 is 0 Å². The summed E-state index contributed by atoms with van der Waals surface area (Å²) in [5.41, 5.74) is 0. The number of morpholine rings is 1. The van der Waals surface area contributed by atoms with Crippen LogP contribution in [0.3, 0.4) is 0 Å². The van der Waals surface area contributed by atoms with E-state index in [4.69, 9.17) is 9.84 Å². The summed E-state index contributed by atoms with van der Waals surface area (Å²) in [5.74, 6) is 0.641. The number of carbonyl (C=O) groups is 1. The first-order valence-electron chi connectivity index (χ1n) is 8.54. The predicted molar refractivity (Wildman–Crippen MR) is 88.0 cm³/mol. The van der Waals surface area contributed by atoms with Gasteiger partial charge in [0, 0.05) is 39.3 Å². The Morgan fingerprint density at radius 2 is 2.23 bits per heavy atom. The number of ether oxygens (including phenoxy) is 1. The van der Waals surface area contributed by atoms with Crippen LogP contribution < -0.4 is 5.32 Å². The normalized spacial score (nSPS) is 19.4. The molecule has 0 aromatic rings. The minimum Gasteiger partial charge on any atom is -0.395 e. The molecular formula is C16H33N3O3. The summed E-state index contributed by atoms with van der Waals surface area (Å²) in [4.78, 5) is 16.3. The van der Waals surface area contributed by atoms with Crippen molar-refractivity contribution in [3.8, 4) is 0 Å². The second kappa shape index (κ2) is 10.8. The third kappa shape index (κ3) is 7.42. The summed E-state index contributed by atoms with van der Waals surface area (Å²) in [6, 6.07) is -0.105. The minimum absolute atomic E-state index is 0.000765. The van der Waals surface area contributed by atoms with Gasteiger partial charge in [0.25, 0.3) is 0 Å². The van der Waals surface area contributed by atoms with Gasteiger partial charge >= 0.3 is 6.03 Å². The Hall–Kier alpha value is -0.850. The Bertz CT molecular complexity index is 313. The van der Waals surface area contributed by atoms with Crippen LogP contribution in [0.1, 0.15) is 33.6 Å². The maximum Gasteiger partial charge on any atom is 0.317 e. The lowest BCUT2D eigenvalue weighted by atomic mass is 10.2. The van der Waals surface area contributed by atoms with E-state index in [2.05, 4.69) is 31.0 Å². The van der Waals surface area contributed by atoms with Crippen molar-refractivity contribution >= 4 is 6.03 Å². The molecule has 22 heavy (non-hydrogen) atoms. The first-order valence-corrected chi connectivity index (χ1v) is 8.54. The molecule has 0 bridgehead atoms. The molecule has 0 saturated carbocycles. The van der Waals surface area contributed by atoms with E-state index in [1.807, 2.05) is 0 Å². The van der Waals surface area contributed by atoms with Crippen LogP contribution in [0.4, 0.5) is 4.79 Å². The van der Waals surface area contributed by atoms with Gasteiger partial charge in [0.15, 0.2) is 0 Å². The van der Waals surface area contributed by atoms with Gasteiger partial charge in [-0.1, -0.05) is 27.2 Å². The second-order valence-corrected chi connectivity index (χ2v) is 6.40. The number of urea groups is 1. The smallest absolute Gasteiger partial charge is 0.317 e. The van der Waals surface area contributed by atoms with Crippen molar-refractivity contribution in [3.05, 3.63) is 0 Å². The van der Waals surface area contributed by atoms with Crippen molar-refractivity contribution in [1.29, 1.82) is 0 Å². The number of rotatable bonds is 9. The molecule has 1 unspecified atom stereocenters. The fourth-order valence-electron chi connectivity index (χ4n) is 2.68. The SMILES string of the molecule is CCCCN(CCO)C(=O)NCC1CN(CC(C)C)CCO1. The molecule has 2 N–H and O–H groups in total. The number of hydrogen-bond donors (Lipinski definition) is 2. The average Bonchev–Trinajstić information content (AvgIpc) is 2.48. The third-order valence-corrected chi connectivity index (χ3v) is 3.77.